The summed E-state index contributed by atoms with van der Waals surface area (Å²) in [5, 5.41) is 13.2. The van der Waals surface area contributed by atoms with Crippen molar-refractivity contribution in [3.05, 3.63) is 29.8 Å². The quantitative estimate of drug-likeness (QED) is 0.700. The zero-order chi connectivity index (χ0) is 14.1. The predicted molar refractivity (Wildman–Crippen MR) is 73.5 cm³/mol. The van der Waals surface area contributed by atoms with Gasteiger partial charge in [0.1, 0.15) is 5.75 Å². The van der Waals surface area contributed by atoms with Crippen molar-refractivity contribution in [1.29, 1.82) is 0 Å². The number of benzene rings is 1. The molecule has 0 aliphatic rings. The molecule has 0 aliphatic carbocycles. The molecule has 0 aliphatic heterocycles. The highest BCUT2D eigenvalue weighted by Crippen LogP contribution is 2.16. The summed E-state index contributed by atoms with van der Waals surface area (Å²) in [5.74, 6) is 0.781. The highest BCUT2D eigenvalue weighted by molar-refractivity contribution is 5.28. The molecule has 5 nitrogen and oxygen atoms in total. The molecule has 0 saturated carbocycles. The first-order valence-electron chi connectivity index (χ1n) is 6.25. The van der Waals surface area contributed by atoms with Crippen LogP contribution in [-0.2, 0) is 9.47 Å². The maximum atomic E-state index is 10.0. The van der Waals surface area contributed by atoms with Gasteiger partial charge >= 0.3 is 0 Å². The van der Waals surface area contributed by atoms with Gasteiger partial charge in [-0.15, -0.1) is 0 Å². The van der Waals surface area contributed by atoms with Crippen LogP contribution in [0.3, 0.4) is 0 Å². The van der Waals surface area contributed by atoms with Gasteiger partial charge in [0.05, 0.1) is 25.9 Å². The highest BCUT2D eigenvalue weighted by Gasteiger charge is 2.10. The highest BCUT2D eigenvalue weighted by atomic mass is 16.5. The van der Waals surface area contributed by atoms with Crippen LogP contribution in [0.4, 0.5) is 0 Å². The van der Waals surface area contributed by atoms with E-state index in [1.807, 2.05) is 24.3 Å². The maximum Gasteiger partial charge on any atom is 0.118 e. The lowest BCUT2D eigenvalue weighted by Gasteiger charge is -2.17. The molecule has 0 radical (unpaired) electrons. The van der Waals surface area contributed by atoms with Crippen molar-refractivity contribution in [1.82, 2.24) is 5.32 Å². The van der Waals surface area contributed by atoms with E-state index in [1.165, 1.54) is 0 Å². The Morgan fingerprint density at radius 3 is 2.32 bits per heavy atom. The lowest BCUT2D eigenvalue weighted by molar-refractivity contribution is 0.0270. The Morgan fingerprint density at radius 2 is 1.79 bits per heavy atom. The van der Waals surface area contributed by atoms with Gasteiger partial charge in [0.15, 0.2) is 0 Å². The Hall–Kier alpha value is -1.14. The van der Waals surface area contributed by atoms with E-state index in [9.17, 15) is 5.11 Å². The van der Waals surface area contributed by atoms with Gasteiger partial charge in [-0.1, -0.05) is 12.1 Å². The largest absolute Gasteiger partial charge is 0.497 e. The van der Waals surface area contributed by atoms with Crippen LogP contribution in [0.1, 0.15) is 11.7 Å². The zero-order valence-electron chi connectivity index (χ0n) is 11.8. The van der Waals surface area contributed by atoms with Crippen molar-refractivity contribution in [2.45, 2.75) is 12.2 Å². The molecule has 19 heavy (non-hydrogen) atoms. The molecule has 108 valence electrons. The monoisotopic (exact) mass is 269 g/mol. The molecule has 1 aromatic rings. The van der Waals surface area contributed by atoms with Crippen molar-refractivity contribution in [2.75, 3.05) is 41.0 Å². The summed E-state index contributed by atoms with van der Waals surface area (Å²) in [6, 6.07) is 7.38. The third-order valence-corrected chi connectivity index (χ3v) is 2.90. The third kappa shape index (κ3) is 5.57. The number of ether oxygens (including phenoxy) is 3. The van der Waals surface area contributed by atoms with Crippen LogP contribution in [0, 0.1) is 0 Å². The fourth-order valence-electron chi connectivity index (χ4n) is 1.72. The Kier molecular flexibility index (Phi) is 7.43. The van der Waals surface area contributed by atoms with Crippen molar-refractivity contribution < 1.29 is 19.3 Å². The predicted octanol–water partition coefficient (Wildman–Crippen LogP) is 0.980. The van der Waals surface area contributed by atoms with Crippen molar-refractivity contribution >= 4 is 0 Å². The van der Waals surface area contributed by atoms with Crippen LogP contribution in [0.15, 0.2) is 24.3 Å². The van der Waals surface area contributed by atoms with Gasteiger partial charge in [-0.2, -0.15) is 0 Å². The maximum absolute atomic E-state index is 10.0. The summed E-state index contributed by atoms with van der Waals surface area (Å²) >= 11 is 0. The molecular formula is C14H23NO4. The van der Waals surface area contributed by atoms with Crippen molar-refractivity contribution in [2.24, 2.45) is 0 Å². The fourth-order valence-corrected chi connectivity index (χ4v) is 1.72. The van der Waals surface area contributed by atoms with E-state index >= 15 is 0 Å². The lowest BCUT2D eigenvalue weighted by Crippen LogP contribution is -2.34. The molecule has 0 spiro atoms. The molecule has 0 heterocycles. The van der Waals surface area contributed by atoms with E-state index in [-0.39, 0.29) is 6.10 Å². The molecular weight excluding hydrogens is 246 g/mol. The van der Waals surface area contributed by atoms with Gasteiger partial charge < -0.3 is 24.6 Å². The van der Waals surface area contributed by atoms with Gasteiger partial charge in [-0.25, -0.2) is 0 Å². The number of hydrogen-bond donors (Lipinski definition) is 2. The molecule has 2 atom stereocenters. The number of aliphatic hydroxyl groups is 1. The van der Waals surface area contributed by atoms with Gasteiger partial charge in [0.2, 0.25) is 0 Å². The molecule has 5 heteroatoms. The standard InChI is InChI=1S/C14H23NO4/c1-17-10-13(19-3)8-15-9-14(16)11-4-6-12(18-2)7-5-11/h4-7,13-16H,8-10H2,1-3H3. The first-order valence-corrected chi connectivity index (χ1v) is 6.25. The molecule has 2 unspecified atom stereocenters. The van der Waals surface area contributed by atoms with Crippen molar-refractivity contribution in [3.63, 3.8) is 0 Å². The lowest BCUT2D eigenvalue weighted by atomic mass is 10.1. The second kappa shape index (κ2) is 8.87. The van der Waals surface area contributed by atoms with Crippen LogP contribution in [0.5, 0.6) is 5.75 Å². The molecule has 1 rings (SSSR count). The van der Waals surface area contributed by atoms with Crippen LogP contribution < -0.4 is 10.1 Å². The second-order valence-corrected chi connectivity index (χ2v) is 4.26. The van der Waals surface area contributed by atoms with E-state index < -0.39 is 6.10 Å². The van der Waals surface area contributed by atoms with E-state index in [4.69, 9.17) is 14.2 Å². The summed E-state index contributed by atoms with van der Waals surface area (Å²) in [6.07, 6.45) is -0.556. The average molecular weight is 269 g/mol. The second-order valence-electron chi connectivity index (χ2n) is 4.26. The third-order valence-electron chi connectivity index (χ3n) is 2.90. The smallest absolute Gasteiger partial charge is 0.118 e. The summed E-state index contributed by atoms with van der Waals surface area (Å²) in [5.41, 5.74) is 0.856. The van der Waals surface area contributed by atoms with Crippen molar-refractivity contribution in [3.8, 4) is 5.75 Å². The SMILES string of the molecule is COCC(CNCC(O)c1ccc(OC)cc1)OC. The van der Waals surface area contributed by atoms with Crippen LogP contribution in [-0.4, -0.2) is 52.2 Å². The van der Waals surface area contributed by atoms with Crippen LogP contribution in [0.2, 0.25) is 0 Å². The van der Waals surface area contributed by atoms with Gasteiger partial charge in [-0.05, 0) is 17.7 Å². The fraction of sp³-hybridized carbons (Fsp3) is 0.571. The van der Waals surface area contributed by atoms with E-state index in [1.54, 1.807) is 21.3 Å². The topological polar surface area (TPSA) is 60.0 Å². The minimum atomic E-state index is -0.550. The number of hydrogen-bond acceptors (Lipinski definition) is 5. The summed E-state index contributed by atoms with van der Waals surface area (Å²) in [4.78, 5) is 0. The van der Waals surface area contributed by atoms with E-state index in [2.05, 4.69) is 5.32 Å². The van der Waals surface area contributed by atoms with Crippen LogP contribution >= 0.6 is 0 Å². The van der Waals surface area contributed by atoms with Gasteiger partial charge in [-0.3, -0.25) is 0 Å². The summed E-state index contributed by atoms with van der Waals surface area (Å²) in [6.45, 7) is 1.63. The molecule has 0 saturated heterocycles. The minimum Gasteiger partial charge on any atom is -0.497 e. The molecule has 1 aromatic carbocycles. The van der Waals surface area contributed by atoms with E-state index in [0.717, 1.165) is 11.3 Å². The van der Waals surface area contributed by atoms with Crippen LogP contribution in [0.25, 0.3) is 0 Å². The van der Waals surface area contributed by atoms with E-state index in [0.29, 0.717) is 19.7 Å². The first kappa shape index (κ1) is 15.9. The zero-order valence-corrected chi connectivity index (χ0v) is 11.8. The van der Waals surface area contributed by atoms with Gasteiger partial charge in [0, 0.05) is 27.3 Å². The molecule has 0 aromatic heterocycles. The number of methoxy groups -OCH3 is 3. The molecule has 0 bridgehead atoms. The summed E-state index contributed by atoms with van der Waals surface area (Å²) < 4.78 is 15.3. The average Bonchev–Trinajstić information content (AvgIpc) is 2.46. The molecule has 0 fully saturated rings. The number of aliphatic hydroxyl groups excluding tert-OH is 1. The summed E-state index contributed by atoms with van der Waals surface area (Å²) in [7, 11) is 4.90. The Labute approximate surface area is 114 Å². The normalized spacial score (nSPS) is 14.1. The Morgan fingerprint density at radius 1 is 1.11 bits per heavy atom. The minimum absolute atomic E-state index is 0.00642. The van der Waals surface area contributed by atoms with Gasteiger partial charge in [0.25, 0.3) is 0 Å². The number of nitrogens with one attached hydrogen (secondary N) is 1. The molecule has 0 amide bonds. The first-order chi connectivity index (χ1) is 9.21. The Bertz CT molecular complexity index is 342. The molecule has 2 N–H and O–H groups in total. The Balaban J connectivity index is 2.35. The number of rotatable bonds is 9.